The molecule has 2 aromatic heterocycles. The van der Waals surface area contributed by atoms with Gasteiger partial charge in [-0.05, 0) is 36.0 Å². The molecular formula is C13H11N5OS. The smallest absolute Gasteiger partial charge is 0.249 e. The van der Waals surface area contributed by atoms with E-state index in [1.165, 1.54) is 11.8 Å². The number of hydrogen-bond donors (Lipinski definition) is 2. The van der Waals surface area contributed by atoms with Gasteiger partial charge in [0.15, 0.2) is 5.65 Å². The van der Waals surface area contributed by atoms with Gasteiger partial charge in [0.25, 0.3) is 0 Å². The first-order valence-corrected chi connectivity index (χ1v) is 6.64. The lowest BCUT2D eigenvalue weighted by molar-refractivity contribution is 0.0997. The van der Waals surface area contributed by atoms with Crippen LogP contribution < -0.4 is 11.5 Å². The van der Waals surface area contributed by atoms with Gasteiger partial charge in [-0.1, -0.05) is 12.1 Å². The van der Waals surface area contributed by atoms with Crippen molar-refractivity contribution in [2.45, 2.75) is 10.1 Å². The SMILES string of the molecule is NC(=O)c1cccc(N)c1Sc1nnc2ccccn12. The second kappa shape index (κ2) is 4.86. The first-order valence-electron chi connectivity index (χ1n) is 5.83. The summed E-state index contributed by atoms with van der Waals surface area (Å²) >= 11 is 1.27. The molecule has 2 heterocycles. The van der Waals surface area contributed by atoms with Crippen LogP contribution in [0.4, 0.5) is 5.69 Å². The highest BCUT2D eigenvalue weighted by atomic mass is 32.2. The van der Waals surface area contributed by atoms with E-state index in [0.717, 1.165) is 5.65 Å². The first-order chi connectivity index (χ1) is 9.66. The van der Waals surface area contributed by atoms with Crippen LogP contribution >= 0.6 is 11.8 Å². The number of primary amides is 1. The zero-order chi connectivity index (χ0) is 14.1. The van der Waals surface area contributed by atoms with Gasteiger partial charge in [0.05, 0.1) is 10.5 Å². The molecule has 100 valence electrons. The van der Waals surface area contributed by atoms with Gasteiger partial charge in [0.2, 0.25) is 11.1 Å². The van der Waals surface area contributed by atoms with Crippen LogP contribution in [0.2, 0.25) is 0 Å². The Hall–Kier alpha value is -2.54. The number of fused-ring (bicyclic) bond motifs is 1. The van der Waals surface area contributed by atoms with E-state index < -0.39 is 5.91 Å². The Morgan fingerprint density at radius 1 is 1.15 bits per heavy atom. The molecule has 0 unspecified atom stereocenters. The fraction of sp³-hybridized carbons (Fsp3) is 0. The van der Waals surface area contributed by atoms with Gasteiger partial charge < -0.3 is 11.5 Å². The summed E-state index contributed by atoms with van der Waals surface area (Å²) in [6, 6.07) is 10.7. The lowest BCUT2D eigenvalue weighted by Crippen LogP contribution is -2.13. The predicted octanol–water partition coefficient (Wildman–Crippen LogP) is 1.56. The van der Waals surface area contributed by atoms with Gasteiger partial charge in [-0.15, -0.1) is 10.2 Å². The molecule has 0 aliphatic rings. The molecular weight excluding hydrogens is 274 g/mol. The normalized spacial score (nSPS) is 10.8. The van der Waals surface area contributed by atoms with Crippen molar-refractivity contribution in [1.29, 1.82) is 0 Å². The van der Waals surface area contributed by atoms with Gasteiger partial charge in [-0.25, -0.2) is 0 Å². The van der Waals surface area contributed by atoms with E-state index in [1.807, 2.05) is 28.8 Å². The van der Waals surface area contributed by atoms with Gasteiger partial charge >= 0.3 is 0 Å². The van der Waals surface area contributed by atoms with Crippen molar-refractivity contribution in [2.75, 3.05) is 5.73 Å². The molecule has 3 aromatic rings. The molecule has 0 atom stereocenters. The number of anilines is 1. The average molecular weight is 285 g/mol. The Morgan fingerprint density at radius 3 is 2.80 bits per heavy atom. The summed E-state index contributed by atoms with van der Waals surface area (Å²) < 4.78 is 1.82. The van der Waals surface area contributed by atoms with E-state index in [9.17, 15) is 4.79 Å². The van der Waals surface area contributed by atoms with E-state index in [2.05, 4.69) is 10.2 Å². The summed E-state index contributed by atoms with van der Waals surface area (Å²) in [4.78, 5) is 12.1. The summed E-state index contributed by atoms with van der Waals surface area (Å²) in [6.07, 6.45) is 1.85. The first kappa shape index (κ1) is 12.5. The van der Waals surface area contributed by atoms with E-state index in [0.29, 0.717) is 21.3 Å². The van der Waals surface area contributed by atoms with Crippen molar-refractivity contribution in [3.8, 4) is 0 Å². The lowest BCUT2D eigenvalue weighted by Gasteiger charge is -2.08. The van der Waals surface area contributed by atoms with Crippen molar-refractivity contribution in [3.63, 3.8) is 0 Å². The Kier molecular flexibility index (Phi) is 3.03. The number of aromatic nitrogens is 3. The number of nitrogen functional groups attached to an aromatic ring is 1. The van der Waals surface area contributed by atoms with Crippen molar-refractivity contribution in [3.05, 3.63) is 48.2 Å². The molecule has 0 saturated carbocycles. The molecule has 3 rings (SSSR count). The van der Waals surface area contributed by atoms with Gasteiger partial charge in [0.1, 0.15) is 0 Å². The summed E-state index contributed by atoms with van der Waals surface area (Å²) in [6.45, 7) is 0. The molecule has 7 heteroatoms. The Bertz CT molecular complexity index is 798. The molecule has 0 saturated heterocycles. The summed E-state index contributed by atoms with van der Waals surface area (Å²) in [5, 5.41) is 8.78. The average Bonchev–Trinajstić information content (AvgIpc) is 2.84. The van der Waals surface area contributed by atoms with Crippen LogP contribution in [0.5, 0.6) is 0 Å². The quantitative estimate of drug-likeness (QED) is 0.711. The number of amides is 1. The zero-order valence-corrected chi connectivity index (χ0v) is 11.2. The molecule has 0 spiro atoms. The standard InChI is InChI=1S/C13H11N5OS/c14-9-5-3-4-8(12(15)19)11(9)20-13-17-16-10-6-1-2-7-18(10)13/h1-7H,14H2,(H2,15,19). The zero-order valence-electron chi connectivity index (χ0n) is 10.4. The van der Waals surface area contributed by atoms with Crippen LogP contribution in [-0.4, -0.2) is 20.5 Å². The van der Waals surface area contributed by atoms with Crippen LogP contribution in [0.3, 0.4) is 0 Å². The van der Waals surface area contributed by atoms with E-state index >= 15 is 0 Å². The van der Waals surface area contributed by atoms with Crippen molar-refractivity contribution < 1.29 is 4.79 Å². The van der Waals surface area contributed by atoms with E-state index in [1.54, 1.807) is 18.2 Å². The number of carbonyl (C=O) groups is 1. The van der Waals surface area contributed by atoms with Crippen molar-refractivity contribution >= 4 is 29.0 Å². The Morgan fingerprint density at radius 2 is 2.00 bits per heavy atom. The highest BCUT2D eigenvalue weighted by Crippen LogP contribution is 2.33. The monoisotopic (exact) mass is 285 g/mol. The number of hydrogen-bond acceptors (Lipinski definition) is 5. The van der Waals surface area contributed by atoms with Gasteiger partial charge in [-0.2, -0.15) is 0 Å². The highest BCUT2D eigenvalue weighted by molar-refractivity contribution is 7.99. The number of nitrogens with zero attached hydrogens (tertiary/aromatic N) is 3. The summed E-state index contributed by atoms with van der Waals surface area (Å²) in [5.74, 6) is -0.520. The topological polar surface area (TPSA) is 99.3 Å². The fourth-order valence-electron chi connectivity index (χ4n) is 1.84. The Balaban J connectivity index is 2.10. The largest absolute Gasteiger partial charge is 0.398 e. The maximum absolute atomic E-state index is 11.5. The molecule has 0 aliphatic carbocycles. The van der Waals surface area contributed by atoms with Gasteiger partial charge in [-0.3, -0.25) is 9.20 Å². The molecule has 20 heavy (non-hydrogen) atoms. The number of benzene rings is 1. The minimum absolute atomic E-state index is 0.377. The highest BCUT2D eigenvalue weighted by Gasteiger charge is 2.15. The molecule has 1 aromatic carbocycles. The summed E-state index contributed by atoms with van der Waals surface area (Å²) in [5.41, 5.74) is 12.9. The minimum Gasteiger partial charge on any atom is -0.398 e. The molecule has 0 bridgehead atoms. The summed E-state index contributed by atoms with van der Waals surface area (Å²) in [7, 11) is 0. The van der Waals surface area contributed by atoms with Crippen LogP contribution in [-0.2, 0) is 0 Å². The maximum Gasteiger partial charge on any atom is 0.249 e. The number of pyridine rings is 1. The van der Waals surface area contributed by atoms with Crippen LogP contribution in [0.25, 0.3) is 5.65 Å². The van der Waals surface area contributed by atoms with Crippen LogP contribution in [0.15, 0.2) is 52.6 Å². The van der Waals surface area contributed by atoms with Gasteiger partial charge in [0, 0.05) is 11.9 Å². The Labute approximate surface area is 118 Å². The second-order valence-electron chi connectivity index (χ2n) is 4.10. The number of rotatable bonds is 3. The third-order valence-corrected chi connectivity index (χ3v) is 3.91. The fourth-order valence-corrected chi connectivity index (χ4v) is 2.82. The van der Waals surface area contributed by atoms with Crippen molar-refractivity contribution in [2.24, 2.45) is 5.73 Å². The van der Waals surface area contributed by atoms with Crippen molar-refractivity contribution in [1.82, 2.24) is 14.6 Å². The van der Waals surface area contributed by atoms with Crippen LogP contribution in [0.1, 0.15) is 10.4 Å². The van der Waals surface area contributed by atoms with Crippen LogP contribution in [0, 0.1) is 0 Å². The maximum atomic E-state index is 11.5. The molecule has 4 N–H and O–H groups in total. The third kappa shape index (κ3) is 2.08. The molecule has 6 nitrogen and oxygen atoms in total. The number of carbonyl (C=O) groups excluding carboxylic acids is 1. The lowest BCUT2D eigenvalue weighted by atomic mass is 10.2. The predicted molar refractivity (Wildman–Crippen MR) is 76.5 cm³/mol. The molecule has 0 radical (unpaired) electrons. The van der Waals surface area contributed by atoms with E-state index in [-0.39, 0.29) is 0 Å². The van der Waals surface area contributed by atoms with E-state index in [4.69, 9.17) is 11.5 Å². The number of nitrogens with two attached hydrogens (primary N) is 2. The minimum atomic E-state index is -0.520. The molecule has 0 aliphatic heterocycles. The molecule has 0 fully saturated rings. The third-order valence-electron chi connectivity index (χ3n) is 2.79. The second-order valence-corrected chi connectivity index (χ2v) is 5.08. The molecule has 1 amide bonds.